The summed E-state index contributed by atoms with van der Waals surface area (Å²) in [6, 6.07) is 20.7. The first-order valence-electron chi connectivity index (χ1n) is 10.6. The molecule has 0 aliphatic carbocycles. The lowest BCUT2D eigenvalue weighted by Gasteiger charge is -2.10. The van der Waals surface area contributed by atoms with Gasteiger partial charge in [0.2, 0.25) is 6.79 Å². The van der Waals surface area contributed by atoms with E-state index >= 15 is 0 Å². The Labute approximate surface area is 201 Å². The first-order chi connectivity index (χ1) is 16.6. The average Bonchev–Trinajstić information content (AvgIpc) is 3.34. The number of fused-ring (bicyclic) bond motifs is 1. The Bertz CT molecular complexity index is 1310. The third kappa shape index (κ3) is 5.13. The van der Waals surface area contributed by atoms with Crippen molar-refractivity contribution < 1.29 is 19.0 Å². The molecule has 1 aliphatic heterocycles. The zero-order chi connectivity index (χ0) is 23.3. The van der Waals surface area contributed by atoms with Gasteiger partial charge in [-0.05, 0) is 61.0 Å². The maximum Gasteiger partial charge on any atom is 0.252 e. The molecule has 1 aromatic heterocycles. The normalized spacial score (nSPS) is 11.8. The van der Waals surface area contributed by atoms with Gasteiger partial charge in [-0.1, -0.05) is 35.5 Å². The van der Waals surface area contributed by atoms with E-state index in [2.05, 4.69) is 27.4 Å². The molecule has 0 fully saturated rings. The van der Waals surface area contributed by atoms with Crippen molar-refractivity contribution in [3.05, 3.63) is 95.8 Å². The molecule has 0 saturated carbocycles. The van der Waals surface area contributed by atoms with E-state index in [1.54, 1.807) is 36.7 Å². The monoisotopic (exact) mass is 471 g/mol. The molecule has 0 atom stereocenters. The smallest absolute Gasteiger partial charge is 0.252 e. The van der Waals surface area contributed by atoms with Crippen LogP contribution in [-0.4, -0.2) is 22.7 Å². The number of aromatic nitrogens is 2. The van der Waals surface area contributed by atoms with Crippen LogP contribution in [0.3, 0.4) is 0 Å². The Hall–Kier alpha value is -4.04. The topological polar surface area (TPSA) is 82.6 Å². The van der Waals surface area contributed by atoms with E-state index in [0.29, 0.717) is 40.3 Å². The highest BCUT2D eigenvalue weighted by Crippen LogP contribution is 2.34. The molecule has 7 nitrogen and oxygen atoms in total. The van der Waals surface area contributed by atoms with Gasteiger partial charge in [-0.15, -0.1) is 0 Å². The number of nitrogens with zero attached hydrogens (tertiary/aromatic N) is 2. The number of amides is 1. The number of ether oxygens (including phenoxy) is 3. The van der Waals surface area contributed by atoms with Gasteiger partial charge in [-0.3, -0.25) is 4.79 Å². The molecule has 1 N–H and O–H groups in total. The van der Waals surface area contributed by atoms with E-state index in [1.165, 1.54) is 17.3 Å². The van der Waals surface area contributed by atoms with Crippen molar-refractivity contribution in [1.82, 2.24) is 15.3 Å². The lowest BCUT2D eigenvalue weighted by molar-refractivity contribution is 0.0951. The maximum atomic E-state index is 12.6. The van der Waals surface area contributed by atoms with Gasteiger partial charge in [-0.2, -0.15) is 0 Å². The molecule has 3 aromatic carbocycles. The van der Waals surface area contributed by atoms with Gasteiger partial charge in [0.05, 0.1) is 0 Å². The number of carbonyl (C=O) groups excluding carboxylic acids is 1. The molecular weight excluding hydrogens is 450 g/mol. The number of carbonyl (C=O) groups is 1. The van der Waals surface area contributed by atoms with Crippen LogP contribution in [0.2, 0.25) is 0 Å². The van der Waals surface area contributed by atoms with E-state index in [9.17, 15) is 4.79 Å². The molecule has 8 heteroatoms. The van der Waals surface area contributed by atoms with Crippen molar-refractivity contribution >= 4 is 17.7 Å². The summed E-state index contributed by atoms with van der Waals surface area (Å²) < 4.78 is 16.7. The van der Waals surface area contributed by atoms with Crippen molar-refractivity contribution in [3.8, 4) is 23.1 Å². The maximum absolute atomic E-state index is 12.6. The fourth-order valence-corrected chi connectivity index (χ4v) is 4.08. The highest BCUT2D eigenvalue weighted by Gasteiger charge is 2.14. The molecule has 0 radical (unpaired) electrons. The molecule has 5 rings (SSSR count). The quantitative estimate of drug-likeness (QED) is 0.387. The molecule has 1 aliphatic rings. The summed E-state index contributed by atoms with van der Waals surface area (Å²) in [6.45, 7) is 2.65. The minimum absolute atomic E-state index is 0.181. The van der Waals surface area contributed by atoms with Crippen LogP contribution in [0.25, 0.3) is 0 Å². The second kappa shape index (κ2) is 9.84. The average molecular weight is 472 g/mol. The van der Waals surface area contributed by atoms with Crippen LogP contribution in [0, 0.1) is 6.92 Å². The molecule has 170 valence electrons. The van der Waals surface area contributed by atoms with E-state index in [4.69, 9.17) is 14.2 Å². The van der Waals surface area contributed by atoms with Crippen LogP contribution in [-0.2, 0) is 6.54 Å². The summed E-state index contributed by atoms with van der Waals surface area (Å²) in [6.07, 6.45) is 3.23. The Morgan fingerprint density at radius 1 is 0.971 bits per heavy atom. The van der Waals surface area contributed by atoms with Crippen molar-refractivity contribution in [2.24, 2.45) is 0 Å². The number of aryl methyl sites for hydroxylation is 1. The standard InChI is InChI=1S/C26H21N3O4S/c1-17-2-9-21(10-3-17)34-26-25(27-12-13-28-26)33-20-7-5-19(6-8-20)24(30)29-15-18-4-11-22-23(14-18)32-16-31-22/h2-14H,15-16H2,1H3,(H,29,30). The second-order valence-corrected chi connectivity index (χ2v) is 8.64. The van der Waals surface area contributed by atoms with Gasteiger partial charge in [-0.25, -0.2) is 9.97 Å². The molecule has 0 unspecified atom stereocenters. The summed E-state index contributed by atoms with van der Waals surface area (Å²) in [5, 5.41) is 3.58. The molecular formula is C26H21N3O4S. The number of nitrogens with one attached hydrogen (secondary N) is 1. The minimum atomic E-state index is -0.181. The van der Waals surface area contributed by atoms with E-state index in [-0.39, 0.29) is 12.7 Å². The SMILES string of the molecule is Cc1ccc(Sc2nccnc2Oc2ccc(C(=O)NCc3ccc4c(c3)OCO4)cc2)cc1. The van der Waals surface area contributed by atoms with E-state index in [1.807, 2.05) is 37.3 Å². The third-order valence-corrected chi connectivity index (χ3v) is 6.07. The molecule has 34 heavy (non-hydrogen) atoms. The number of hydrogen-bond acceptors (Lipinski definition) is 7. The fourth-order valence-electron chi connectivity index (χ4n) is 3.29. The van der Waals surface area contributed by atoms with Crippen LogP contribution in [0.15, 0.2) is 89.0 Å². The Kier molecular flexibility index (Phi) is 6.31. The minimum Gasteiger partial charge on any atom is -0.454 e. The summed E-state index contributed by atoms with van der Waals surface area (Å²) in [5.41, 5.74) is 2.65. The molecule has 0 spiro atoms. The zero-order valence-electron chi connectivity index (χ0n) is 18.4. The van der Waals surface area contributed by atoms with Crippen LogP contribution in [0.5, 0.6) is 23.1 Å². The number of rotatable bonds is 7. The second-order valence-electron chi connectivity index (χ2n) is 7.58. The van der Waals surface area contributed by atoms with E-state index in [0.717, 1.165) is 10.5 Å². The van der Waals surface area contributed by atoms with Gasteiger partial charge >= 0.3 is 0 Å². The molecule has 1 amide bonds. The number of hydrogen-bond donors (Lipinski definition) is 1. The first-order valence-corrected chi connectivity index (χ1v) is 11.5. The third-order valence-electron chi connectivity index (χ3n) is 5.09. The van der Waals surface area contributed by atoms with Gasteiger partial charge in [0.15, 0.2) is 16.5 Å². The molecule has 4 aromatic rings. The lowest BCUT2D eigenvalue weighted by atomic mass is 10.1. The van der Waals surface area contributed by atoms with Crippen molar-refractivity contribution in [2.75, 3.05) is 6.79 Å². The van der Waals surface area contributed by atoms with Crippen LogP contribution < -0.4 is 19.5 Å². The fraction of sp³-hybridized carbons (Fsp3) is 0.115. The molecule has 0 saturated heterocycles. The van der Waals surface area contributed by atoms with Gasteiger partial charge < -0.3 is 19.5 Å². The van der Waals surface area contributed by atoms with E-state index < -0.39 is 0 Å². The first kappa shape index (κ1) is 21.8. The summed E-state index contributed by atoms with van der Waals surface area (Å²) in [5.74, 6) is 2.21. The number of benzene rings is 3. The van der Waals surface area contributed by atoms with Crippen LogP contribution in [0.4, 0.5) is 0 Å². The molecule has 0 bridgehead atoms. The van der Waals surface area contributed by atoms with Crippen LogP contribution >= 0.6 is 11.8 Å². The summed E-state index contributed by atoms with van der Waals surface area (Å²) in [4.78, 5) is 22.4. The summed E-state index contributed by atoms with van der Waals surface area (Å²) in [7, 11) is 0. The highest BCUT2D eigenvalue weighted by atomic mass is 32.2. The van der Waals surface area contributed by atoms with Crippen LogP contribution in [0.1, 0.15) is 21.5 Å². The lowest BCUT2D eigenvalue weighted by Crippen LogP contribution is -2.22. The molecule has 2 heterocycles. The van der Waals surface area contributed by atoms with Gasteiger partial charge in [0.25, 0.3) is 11.8 Å². The highest BCUT2D eigenvalue weighted by molar-refractivity contribution is 7.99. The van der Waals surface area contributed by atoms with Crippen molar-refractivity contribution in [1.29, 1.82) is 0 Å². The zero-order valence-corrected chi connectivity index (χ0v) is 19.2. The Morgan fingerprint density at radius 2 is 1.74 bits per heavy atom. The Balaban J connectivity index is 1.21. The predicted octanol–water partition coefficient (Wildman–Crippen LogP) is 5.39. The van der Waals surface area contributed by atoms with Crippen molar-refractivity contribution in [3.63, 3.8) is 0 Å². The van der Waals surface area contributed by atoms with Gasteiger partial charge in [0.1, 0.15) is 5.75 Å². The largest absolute Gasteiger partial charge is 0.454 e. The predicted molar refractivity (Wildman–Crippen MR) is 128 cm³/mol. The van der Waals surface area contributed by atoms with Crippen molar-refractivity contribution in [2.45, 2.75) is 23.4 Å². The summed E-state index contributed by atoms with van der Waals surface area (Å²) >= 11 is 1.48. The Morgan fingerprint density at radius 3 is 2.56 bits per heavy atom. The van der Waals surface area contributed by atoms with Gasteiger partial charge in [0, 0.05) is 29.4 Å².